The zero-order valence-corrected chi connectivity index (χ0v) is 26.8. The minimum Gasteiger partial charge on any atom is -0.391 e. The molecule has 8 nitrogen and oxygen atoms in total. The first-order chi connectivity index (χ1) is 19.0. The maximum atomic E-state index is 12.5. The molecular formula is C30H40Br2N4O4. The lowest BCUT2D eigenvalue weighted by Crippen LogP contribution is -2.47. The molecule has 10 heteroatoms. The molecule has 0 bridgehead atoms. The van der Waals surface area contributed by atoms with Gasteiger partial charge in [0, 0.05) is 71.0 Å². The van der Waals surface area contributed by atoms with Crippen LogP contribution in [0, 0.1) is 0 Å². The lowest BCUT2D eigenvalue weighted by molar-refractivity contribution is 0.125. The minimum atomic E-state index is -0.544. The standard InChI is InChI=1S/C20H26BrN3O2.C10H14BrNO2/c1-3-19(15(2)25)24-9-8-18(14-20(24)26)23-12-10-22(11-13-23)17-6-4-16(21)5-7-17;1-3-9(7(2)13)12-5-4-8(11)6-10(12)14/h4-9,14-15,19,25H,3,10-13H2,1-2H3;4-7,9,13H,3H2,1-2H3. The first-order valence-corrected chi connectivity index (χ1v) is 15.4. The molecule has 0 spiro atoms. The van der Waals surface area contributed by atoms with E-state index in [0.717, 1.165) is 53.7 Å². The summed E-state index contributed by atoms with van der Waals surface area (Å²) in [5, 5.41) is 19.4. The molecule has 1 aromatic carbocycles. The number of nitrogens with zero attached hydrogens (tertiary/aromatic N) is 4. The van der Waals surface area contributed by atoms with E-state index >= 15 is 0 Å². The van der Waals surface area contributed by atoms with Crippen LogP contribution in [0.15, 0.2) is 79.5 Å². The normalized spacial score (nSPS) is 16.5. The fourth-order valence-electron chi connectivity index (χ4n) is 5.10. The molecule has 2 N–H and O–H groups in total. The highest BCUT2D eigenvalue weighted by molar-refractivity contribution is 9.10. The van der Waals surface area contributed by atoms with Crippen LogP contribution in [0.25, 0.3) is 0 Å². The van der Waals surface area contributed by atoms with Crippen molar-refractivity contribution in [3.8, 4) is 0 Å². The third kappa shape index (κ3) is 8.31. The third-order valence-corrected chi connectivity index (χ3v) is 8.37. The SMILES string of the molecule is CCC(C(C)O)n1ccc(Br)cc1=O.CCC(C(C)O)n1ccc(N2CCN(c3ccc(Br)cc3)CC2)cc1=O. The molecule has 40 heavy (non-hydrogen) atoms. The number of halogens is 2. The van der Waals surface area contributed by atoms with Gasteiger partial charge in [-0.15, -0.1) is 0 Å². The van der Waals surface area contributed by atoms with Gasteiger partial charge in [-0.2, -0.15) is 0 Å². The maximum Gasteiger partial charge on any atom is 0.252 e. The summed E-state index contributed by atoms with van der Waals surface area (Å²) in [5.74, 6) is 0. The van der Waals surface area contributed by atoms with Gasteiger partial charge in [-0.05, 0) is 63.1 Å². The number of benzene rings is 1. The van der Waals surface area contributed by atoms with E-state index in [1.807, 2.05) is 26.1 Å². The van der Waals surface area contributed by atoms with E-state index in [1.54, 1.807) is 41.3 Å². The summed E-state index contributed by atoms with van der Waals surface area (Å²) in [6.45, 7) is 11.0. The largest absolute Gasteiger partial charge is 0.391 e. The predicted molar refractivity (Wildman–Crippen MR) is 170 cm³/mol. The van der Waals surface area contributed by atoms with Gasteiger partial charge in [0.1, 0.15) is 0 Å². The molecule has 218 valence electrons. The van der Waals surface area contributed by atoms with Crippen LogP contribution in [0.3, 0.4) is 0 Å². The molecule has 0 aliphatic carbocycles. The van der Waals surface area contributed by atoms with Crippen LogP contribution in [-0.4, -0.2) is 57.7 Å². The van der Waals surface area contributed by atoms with E-state index in [0.29, 0.717) is 0 Å². The first kappa shape index (κ1) is 32.1. The highest BCUT2D eigenvalue weighted by Gasteiger charge is 2.20. The zero-order chi connectivity index (χ0) is 29.4. The Labute approximate surface area is 253 Å². The van der Waals surface area contributed by atoms with Gasteiger partial charge in [0.05, 0.1) is 24.3 Å². The van der Waals surface area contributed by atoms with Crippen molar-refractivity contribution < 1.29 is 10.2 Å². The average molecular weight is 680 g/mol. The molecule has 1 saturated heterocycles. The van der Waals surface area contributed by atoms with Crippen LogP contribution in [0.4, 0.5) is 11.4 Å². The van der Waals surface area contributed by atoms with E-state index in [1.165, 1.54) is 11.8 Å². The summed E-state index contributed by atoms with van der Waals surface area (Å²) in [6, 6.07) is 15.0. The number of hydrogen-bond acceptors (Lipinski definition) is 6. The summed E-state index contributed by atoms with van der Waals surface area (Å²) in [7, 11) is 0. The Bertz CT molecular complexity index is 1330. The van der Waals surface area contributed by atoms with Crippen molar-refractivity contribution in [1.82, 2.24) is 9.13 Å². The van der Waals surface area contributed by atoms with E-state index in [4.69, 9.17) is 0 Å². The van der Waals surface area contributed by atoms with Gasteiger partial charge in [0.2, 0.25) is 0 Å². The molecule has 0 amide bonds. The van der Waals surface area contributed by atoms with Crippen molar-refractivity contribution in [3.63, 3.8) is 0 Å². The van der Waals surface area contributed by atoms with Gasteiger partial charge >= 0.3 is 0 Å². The number of pyridine rings is 2. The molecule has 2 aromatic heterocycles. The molecular weight excluding hydrogens is 640 g/mol. The van der Waals surface area contributed by atoms with Gasteiger partial charge in [0.25, 0.3) is 11.1 Å². The molecule has 4 rings (SSSR count). The third-order valence-electron chi connectivity index (χ3n) is 7.34. The number of anilines is 2. The molecule has 1 fully saturated rings. The Hall–Kier alpha value is -2.40. The second-order valence-electron chi connectivity index (χ2n) is 10.1. The first-order valence-electron chi connectivity index (χ1n) is 13.8. The minimum absolute atomic E-state index is 0.0504. The molecule has 4 atom stereocenters. The van der Waals surface area contributed by atoms with Crippen LogP contribution < -0.4 is 20.9 Å². The number of rotatable bonds is 8. The van der Waals surface area contributed by atoms with Crippen molar-refractivity contribution in [2.75, 3.05) is 36.0 Å². The second-order valence-corrected chi connectivity index (χ2v) is 11.9. The smallest absolute Gasteiger partial charge is 0.252 e. The molecule has 1 aliphatic heterocycles. The monoisotopic (exact) mass is 678 g/mol. The lowest BCUT2D eigenvalue weighted by Gasteiger charge is -2.37. The zero-order valence-electron chi connectivity index (χ0n) is 23.6. The maximum absolute atomic E-state index is 12.5. The fourth-order valence-corrected chi connectivity index (χ4v) is 5.68. The lowest BCUT2D eigenvalue weighted by atomic mass is 10.1. The Morgan fingerprint density at radius 2 is 1.12 bits per heavy atom. The fraction of sp³-hybridized carbons (Fsp3) is 0.467. The van der Waals surface area contributed by atoms with Gasteiger partial charge in [-0.25, -0.2) is 0 Å². The number of aromatic nitrogens is 2. The van der Waals surface area contributed by atoms with Gasteiger partial charge in [-0.1, -0.05) is 45.7 Å². The molecule has 3 heterocycles. The van der Waals surface area contributed by atoms with E-state index in [2.05, 4.69) is 65.9 Å². The molecule has 0 saturated carbocycles. The van der Waals surface area contributed by atoms with Gasteiger partial charge in [-0.3, -0.25) is 9.59 Å². The van der Waals surface area contributed by atoms with Crippen LogP contribution in [0.2, 0.25) is 0 Å². The van der Waals surface area contributed by atoms with Crippen LogP contribution in [0.1, 0.15) is 52.6 Å². The molecule has 1 aliphatic rings. The topological polar surface area (TPSA) is 90.9 Å². The van der Waals surface area contributed by atoms with E-state index in [9.17, 15) is 19.8 Å². The summed E-state index contributed by atoms with van der Waals surface area (Å²) < 4.78 is 5.06. The highest BCUT2D eigenvalue weighted by Crippen LogP contribution is 2.22. The van der Waals surface area contributed by atoms with Crippen molar-refractivity contribution >= 4 is 43.2 Å². The quantitative estimate of drug-likeness (QED) is 0.340. The van der Waals surface area contributed by atoms with Crippen molar-refractivity contribution in [2.45, 2.75) is 64.8 Å². The Morgan fingerprint density at radius 1 is 0.675 bits per heavy atom. The highest BCUT2D eigenvalue weighted by atomic mass is 79.9. The van der Waals surface area contributed by atoms with Crippen LogP contribution in [0.5, 0.6) is 0 Å². The predicted octanol–water partition coefficient (Wildman–Crippen LogP) is 5.21. The van der Waals surface area contributed by atoms with Crippen LogP contribution in [-0.2, 0) is 0 Å². The van der Waals surface area contributed by atoms with Gasteiger partial charge < -0.3 is 29.1 Å². The van der Waals surface area contributed by atoms with Crippen molar-refractivity contribution in [1.29, 1.82) is 0 Å². The summed E-state index contributed by atoms with van der Waals surface area (Å²) >= 11 is 6.70. The summed E-state index contributed by atoms with van der Waals surface area (Å²) in [5.41, 5.74) is 2.05. The molecule has 4 unspecified atom stereocenters. The van der Waals surface area contributed by atoms with Crippen molar-refractivity contribution in [3.05, 3.63) is 90.6 Å². The van der Waals surface area contributed by atoms with E-state index in [-0.39, 0.29) is 23.2 Å². The Morgan fingerprint density at radius 3 is 1.55 bits per heavy atom. The Kier molecular flexibility index (Phi) is 12.0. The summed E-state index contributed by atoms with van der Waals surface area (Å²) in [6.07, 6.45) is 3.92. The summed E-state index contributed by atoms with van der Waals surface area (Å²) in [4.78, 5) is 28.7. The second kappa shape index (κ2) is 15.0. The Balaban J connectivity index is 0.000000267. The molecule has 3 aromatic rings. The number of piperazine rings is 1. The molecule has 0 radical (unpaired) electrons. The number of hydrogen-bond donors (Lipinski definition) is 2. The van der Waals surface area contributed by atoms with Crippen molar-refractivity contribution in [2.24, 2.45) is 0 Å². The average Bonchev–Trinajstić information content (AvgIpc) is 2.92. The van der Waals surface area contributed by atoms with Crippen LogP contribution >= 0.6 is 31.9 Å². The van der Waals surface area contributed by atoms with Gasteiger partial charge in [0.15, 0.2) is 0 Å². The number of aliphatic hydroxyl groups is 2. The number of aliphatic hydroxyl groups excluding tert-OH is 2. The van der Waals surface area contributed by atoms with E-state index < -0.39 is 12.2 Å².